The number of aromatic hydroxyl groups is 1. The SMILES string of the molecule is CCCCCCCCOc1ccc(-c2ncc(CCCCCCCC)cn2)c(O)c1. The molecule has 1 aromatic carbocycles. The first-order valence-corrected chi connectivity index (χ1v) is 12.0. The third kappa shape index (κ3) is 9.15. The Morgan fingerprint density at radius 2 is 1.37 bits per heavy atom. The number of phenolic OH excluding ortho intramolecular Hbond substituents is 1. The molecule has 30 heavy (non-hydrogen) atoms. The third-order valence-electron chi connectivity index (χ3n) is 5.50. The van der Waals surface area contributed by atoms with Crippen LogP contribution < -0.4 is 4.74 Å². The molecule has 0 saturated heterocycles. The van der Waals surface area contributed by atoms with E-state index in [9.17, 15) is 5.11 Å². The van der Waals surface area contributed by atoms with Crippen LogP contribution in [-0.4, -0.2) is 21.7 Å². The van der Waals surface area contributed by atoms with Gasteiger partial charge in [-0.05, 0) is 37.0 Å². The van der Waals surface area contributed by atoms with Crippen molar-refractivity contribution in [3.8, 4) is 22.9 Å². The topological polar surface area (TPSA) is 55.2 Å². The van der Waals surface area contributed by atoms with Crippen LogP contribution in [0.2, 0.25) is 0 Å². The van der Waals surface area contributed by atoms with Gasteiger partial charge in [-0.1, -0.05) is 78.1 Å². The van der Waals surface area contributed by atoms with Gasteiger partial charge in [-0.3, -0.25) is 0 Å². The lowest BCUT2D eigenvalue weighted by Crippen LogP contribution is -1.98. The summed E-state index contributed by atoms with van der Waals surface area (Å²) in [6.45, 7) is 5.16. The lowest BCUT2D eigenvalue weighted by atomic mass is 10.1. The molecule has 0 bridgehead atoms. The minimum Gasteiger partial charge on any atom is -0.507 e. The zero-order chi connectivity index (χ0) is 21.4. The van der Waals surface area contributed by atoms with Crippen LogP contribution in [0.1, 0.15) is 96.5 Å². The highest BCUT2D eigenvalue weighted by Crippen LogP contribution is 2.30. The second-order valence-electron chi connectivity index (χ2n) is 8.23. The summed E-state index contributed by atoms with van der Waals surface area (Å²) in [5.41, 5.74) is 1.81. The first-order chi connectivity index (χ1) is 14.7. The summed E-state index contributed by atoms with van der Waals surface area (Å²) in [6.07, 6.45) is 19.9. The molecule has 1 aromatic heterocycles. The Morgan fingerprint density at radius 3 is 2.00 bits per heavy atom. The molecule has 2 aromatic rings. The third-order valence-corrected chi connectivity index (χ3v) is 5.50. The van der Waals surface area contributed by atoms with Gasteiger partial charge in [0.05, 0.1) is 12.2 Å². The number of rotatable bonds is 16. The number of unbranched alkanes of at least 4 members (excludes halogenated alkanes) is 10. The molecule has 0 fully saturated rings. The molecule has 2 rings (SSSR count). The Labute approximate surface area is 183 Å². The van der Waals surface area contributed by atoms with Gasteiger partial charge in [-0.2, -0.15) is 0 Å². The van der Waals surface area contributed by atoms with Crippen molar-refractivity contribution < 1.29 is 9.84 Å². The summed E-state index contributed by atoms with van der Waals surface area (Å²) >= 11 is 0. The van der Waals surface area contributed by atoms with Crippen molar-refractivity contribution in [1.82, 2.24) is 9.97 Å². The first-order valence-electron chi connectivity index (χ1n) is 12.0. The van der Waals surface area contributed by atoms with E-state index in [-0.39, 0.29) is 5.75 Å². The molecule has 0 radical (unpaired) electrons. The molecule has 1 heterocycles. The Hall–Kier alpha value is -2.10. The van der Waals surface area contributed by atoms with Gasteiger partial charge >= 0.3 is 0 Å². The summed E-state index contributed by atoms with van der Waals surface area (Å²) in [5, 5.41) is 10.4. The molecule has 4 nitrogen and oxygen atoms in total. The molecule has 0 aliphatic carbocycles. The number of aryl methyl sites for hydroxylation is 1. The van der Waals surface area contributed by atoms with Crippen LogP contribution in [-0.2, 0) is 6.42 Å². The quantitative estimate of drug-likeness (QED) is 0.290. The average molecular weight is 413 g/mol. The number of hydrogen-bond acceptors (Lipinski definition) is 4. The highest BCUT2D eigenvalue weighted by atomic mass is 16.5. The van der Waals surface area contributed by atoms with Crippen molar-refractivity contribution in [2.75, 3.05) is 6.61 Å². The Kier molecular flexibility index (Phi) is 11.9. The molecule has 0 atom stereocenters. The van der Waals surface area contributed by atoms with Gasteiger partial charge in [0.25, 0.3) is 0 Å². The van der Waals surface area contributed by atoms with E-state index < -0.39 is 0 Å². The van der Waals surface area contributed by atoms with Gasteiger partial charge in [0, 0.05) is 18.5 Å². The fourth-order valence-corrected chi connectivity index (χ4v) is 3.60. The number of hydrogen-bond donors (Lipinski definition) is 1. The Balaban J connectivity index is 1.76. The fraction of sp³-hybridized carbons (Fsp3) is 0.615. The molecule has 0 spiro atoms. The van der Waals surface area contributed by atoms with Crippen LogP contribution in [0.25, 0.3) is 11.4 Å². The standard InChI is InChI=1S/C26H40N2O2/c1-3-5-7-9-11-13-15-22-20-27-26(28-21-22)24-17-16-23(19-25(24)29)30-18-14-12-10-8-6-4-2/h16-17,19-21,29H,3-15,18H2,1-2H3. The van der Waals surface area contributed by atoms with Crippen LogP contribution in [0.4, 0.5) is 0 Å². The van der Waals surface area contributed by atoms with Crippen molar-refractivity contribution in [2.45, 2.75) is 97.3 Å². The summed E-state index contributed by atoms with van der Waals surface area (Å²) in [4.78, 5) is 8.93. The highest BCUT2D eigenvalue weighted by molar-refractivity contribution is 5.65. The van der Waals surface area contributed by atoms with Gasteiger partial charge in [-0.15, -0.1) is 0 Å². The van der Waals surface area contributed by atoms with Crippen molar-refractivity contribution in [3.63, 3.8) is 0 Å². The van der Waals surface area contributed by atoms with Crippen LogP contribution >= 0.6 is 0 Å². The maximum absolute atomic E-state index is 10.4. The van der Waals surface area contributed by atoms with Gasteiger partial charge in [-0.25, -0.2) is 9.97 Å². The fourth-order valence-electron chi connectivity index (χ4n) is 3.60. The van der Waals surface area contributed by atoms with E-state index in [1.165, 1.54) is 70.6 Å². The normalized spacial score (nSPS) is 11.0. The van der Waals surface area contributed by atoms with E-state index >= 15 is 0 Å². The van der Waals surface area contributed by atoms with Crippen LogP contribution in [0.5, 0.6) is 11.5 Å². The van der Waals surface area contributed by atoms with Gasteiger partial charge < -0.3 is 9.84 Å². The number of nitrogens with zero attached hydrogens (tertiary/aromatic N) is 2. The smallest absolute Gasteiger partial charge is 0.162 e. The van der Waals surface area contributed by atoms with E-state index in [4.69, 9.17) is 4.74 Å². The molecule has 0 aliphatic rings. The second-order valence-corrected chi connectivity index (χ2v) is 8.23. The molecular weight excluding hydrogens is 372 g/mol. The van der Waals surface area contributed by atoms with Gasteiger partial charge in [0.15, 0.2) is 5.82 Å². The lowest BCUT2D eigenvalue weighted by molar-refractivity contribution is 0.303. The van der Waals surface area contributed by atoms with Crippen molar-refractivity contribution in [2.24, 2.45) is 0 Å². The number of aromatic nitrogens is 2. The summed E-state index contributed by atoms with van der Waals surface area (Å²) in [5.74, 6) is 1.42. The zero-order valence-corrected chi connectivity index (χ0v) is 19.0. The number of ether oxygens (including phenoxy) is 1. The first kappa shape index (κ1) is 24.2. The van der Waals surface area contributed by atoms with E-state index in [1.807, 2.05) is 24.5 Å². The molecule has 0 unspecified atom stereocenters. The lowest BCUT2D eigenvalue weighted by Gasteiger charge is -2.09. The predicted octanol–water partition coefficient (Wildman–Crippen LogP) is 7.49. The maximum Gasteiger partial charge on any atom is 0.162 e. The van der Waals surface area contributed by atoms with E-state index in [1.54, 1.807) is 6.07 Å². The minimum atomic E-state index is 0.166. The molecule has 4 heteroatoms. The molecule has 166 valence electrons. The Bertz CT molecular complexity index is 701. The number of phenols is 1. The predicted molar refractivity (Wildman–Crippen MR) is 125 cm³/mol. The summed E-state index contributed by atoms with van der Waals surface area (Å²) in [7, 11) is 0. The molecule has 1 N–H and O–H groups in total. The average Bonchev–Trinajstić information content (AvgIpc) is 2.76. The van der Waals surface area contributed by atoms with Gasteiger partial charge in [0.2, 0.25) is 0 Å². The zero-order valence-electron chi connectivity index (χ0n) is 19.0. The van der Waals surface area contributed by atoms with E-state index in [2.05, 4.69) is 23.8 Å². The Morgan fingerprint density at radius 1 is 0.767 bits per heavy atom. The van der Waals surface area contributed by atoms with E-state index in [0.717, 1.165) is 18.4 Å². The van der Waals surface area contributed by atoms with Crippen LogP contribution in [0, 0.1) is 0 Å². The second kappa shape index (κ2) is 14.8. The molecular formula is C26H40N2O2. The van der Waals surface area contributed by atoms with Crippen LogP contribution in [0.3, 0.4) is 0 Å². The largest absolute Gasteiger partial charge is 0.507 e. The minimum absolute atomic E-state index is 0.166. The van der Waals surface area contributed by atoms with Gasteiger partial charge in [0.1, 0.15) is 11.5 Å². The van der Waals surface area contributed by atoms with Crippen molar-refractivity contribution >= 4 is 0 Å². The van der Waals surface area contributed by atoms with E-state index in [0.29, 0.717) is 23.7 Å². The summed E-state index contributed by atoms with van der Waals surface area (Å²) in [6, 6.07) is 5.40. The monoisotopic (exact) mass is 412 g/mol. The number of benzene rings is 1. The maximum atomic E-state index is 10.4. The molecule has 0 aliphatic heterocycles. The van der Waals surface area contributed by atoms with Crippen molar-refractivity contribution in [3.05, 3.63) is 36.2 Å². The molecule has 0 amide bonds. The highest BCUT2D eigenvalue weighted by Gasteiger charge is 2.09. The summed E-state index contributed by atoms with van der Waals surface area (Å²) < 4.78 is 5.78. The molecule has 0 saturated carbocycles. The van der Waals surface area contributed by atoms with Crippen LogP contribution in [0.15, 0.2) is 30.6 Å². The van der Waals surface area contributed by atoms with Crippen molar-refractivity contribution in [1.29, 1.82) is 0 Å².